The summed E-state index contributed by atoms with van der Waals surface area (Å²) in [4.78, 5) is 5.56. The van der Waals surface area contributed by atoms with Gasteiger partial charge in [-0.05, 0) is 24.3 Å². The summed E-state index contributed by atoms with van der Waals surface area (Å²) in [6, 6.07) is 7.92. The normalized spacial score (nSPS) is 11.6. The summed E-state index contributed by atoms with van der Waals surface area (Å²) in [5.41, 5.74) is -0.0769. The Morgan fingerprint density at radius 1 is 1.21 bits per heavy atom. The first kappa shape index (κ1) is 13.9. The number of methoxy groups -OCH3 is 1. The van der Waals surface area contributed by atoms with Gasteiger partial charge in [0.15, 0.2) is 5.82 Å². The summed E-state index contributed by atoms with van der Waals surface area (Å²) in [6.45, 7) is 6.20. The highest BCUT2D eigenvalue weighted by molar-refractivity contribution is 7.98. The fourth-order valence-corrected chi connectivity index (χ4v) is 2.17. The molecule has 0 amide bonds. The molecule has 0 atom stereocenters. The van der Waals surface area contributed by atoms with Gasteiger partial charge in [-0.1, -0.05) is 25.9 Å². The minimum atomic E-state index is -0.0769. The predicted molar refractivity (Wildman–Crippen MR) is 75.6 cm³/mol. The minimum absolute atomic E-state index is 0.0769. The van der Waals surface area contributed by atoms with E-state index in [1.807, 2.05) is 24.3 Å². The first-order valence-electron chi connectivity index (χ1n) is 6.09. The zero-order chi connectivity index (χ0) is 13.9. The number of nitrogens with zero attached hydrogens (tertiary/aromatic N) is 2. The average molecular weight is 278 g/mol. The van der Waals surface area contributed by atoms with Crippen LogP contribution < -0.4 is 4.74 Å². The van der Waals surface area contributed by atoms with Crippen molar-refractivity contribution in [1.29, 1.82) is 0 Å². The molecule has 1 heterocycles. The molecule has 0 N–H and O–H groups in total. The Kier molecular flexibility index (Phi) is 4.14. The Balaban J connectivity index is 1.96. The fraction of sp³-hybridized carbons (Fsp3) is 0.429. The number of rotatable bonds is 4. The van der Waals surface area contributed by atoms with E-state index in [0.717, 1.165) is 16.5 Å². The van der Waals surface area contributed by atoms with Crippen LogP contribution in [0.3, 0.4) is 0 Å². The number of aromatic nitrogens is 2. The highest BCUT2D eigenvalue weighted by atomic mass is 32.2. The lowest BCUT2D eigenvalue weighted by atomic mass is 9.96. The van der Waals surface area contributed by atoms with Crippen molar-refractivity contribution >= 4 is 11.8 Å². The van der Waals surface area contributed by atoms with Crippen molar-refractivity contribution in [1.82, 2.24) is 10.1 Å². The lowest BCUT2D eigenvalue weighted by molar-refractivity contribution is 0.373. The number of ether oxygens (including phenoxy) is 1. The molecule has 5 heteroatoms. The Hall–Kier alpha value is -1.49. The smallest absolute Gasteiger partial charge is 0.237 e. The van der Waals surface area contributed by atoms with Crippen LogP contribution in [-0.2, 0) is 11.2 Å². The van der Waals surface area contributed by atoms with Gasteiger partial charge in [0, 0.05) is 10.3 Å². The molecule has 1 aromatic heterocycles. The van der Waals surface area contributed by atoms with Crippen LogP contribution in [-0.4, -0.2) is 17.3 Å². The molecule has 2 rings (SSSR count). The third-order valence-electron chi connectivity index (χ3n) is 2.56. The van der Waals surface area contributed by atoms with Gasteiger partial charge in [-0.3, -0.25) is 0 Å². The highest BCUT2D eigenvalue weighted by Gasteiger charge is 2.20. The summed E-state index contributed by atoms with van der Waals surface area (Å²) in [5.74, 6) is 2.94. The quantitative estimate of drug-likeness (QED) is 0.799. The number of benzene rings is 1. The monoisotopic (exact) mass is 278 g/mol. The predicted octanol–water partition coefficient (Wildman–Crippen LogP) is 3.67. The first-order valence-corrected chi connectivity index (χ1v) is 7.07. The van der Waals surface area contributed by atoms with Crippen LogP contribution in [0.15, 0.2) is 33.7 Å². The van der Waals surface area contributed by atoms with Gasteiger partial charge < -0.3 is 9.26 Å². The van der Waals surface area contributed by atoms with Gasteiger partial charge in [0.05, 0.1) is 12.9 Å². The van der Waals surface area contributed by atoms with Crippen molar-refractivity contribution in [3.8, 4) is 5.75 Å². The minimum Gasteiger partial charge on any atom is -0.497 e. The largest absolute Gasteiger partial charge is 0.497 e. The summed E-state index contributed by atoms with van der Waals surface area (Å²) in [6.07, 6.45) is 0. The van der Waals surface area contributed by atoms with Gasteiger partial charge in [0.2, 0.25) is 5.89 Å². The second-order valence-electron chi connectivity index (χ2n) is 5.23. The van der Waals surface area contributed by atoms with Crippen LogP contribution in [0.2, 0.25) is 0 Å². The Labute approximate surface area is 117 Å². The van der Waals surface area contributed by atoms with E-state index in [2.05, 4.69) is 30.9 Å². The van der Waals surface area contributed by atoms with E-state index in [-0.39, 0.29) is 5.41 Å². The van der Waals surface area contributed by atoms with Crippen LogP contribution >= 0.6 is 11.8 Å². The Morgan fingerprint density at radius 3 is 2.42 bits per heavy atom. The second kappa shape index (κ2) is 5.65. The van der Waals surface area contributed by atoms with Crippen molar-refractivity contribution in [2.24, 2.45) is 0 Å². The van der Waals surface area contributed by atoms with Gasteiger partial charge in [-0.15, -0.1) is 11.8 Å². The maximum absolute atomic E-state index is 5.25. The zero-order valence-corrected chi connectivity index (χ0v) is 12.5. The van der Waals surface area contributed by atoms with Crippen molar-refractivity contribution in [2.45, 2.75) is 36.8 Å². The highest BCUT2D eigenvalue weighted by Crippen LogP contribution is 2.25. The molecule has 0 spiro atoms. The summed E-state index contributed by atoms with van der Waals surface area (Å²) >= 11 is 1.66. The molecule has 0 aliphatic heterocycles. The van der Waals surface area contributed by atoms with Gasteiger partial charge in [0.1, 0.15) is 5.75 Å². The third kappa shape index (κ3) is 3.73. The molecule has 0 aliphatic carbocycles. The zero-order valence-electron chi connectivity index (χ0n) is 11.6. The molecule has 0 saturated carbocycles. The fourth-order valence-electron chi connectivity index (χ4n) is 1.44. The Morgan fingerprint density at radius 2 is 1.89 bits per heavy atom. The van der Waals surface area contributed by atoms with Gasteiger partial charge >= 0.3 is 0 Å². The van der Waals surface area contributed by atoms with Crippen LogP contribution in [0.25, 0.3) is 0 Å². The van der Waals surface area contributed by atoms with E-state index in [4.69, 9.17) is 9.26 Å². The molecule has 0 saturated heterocycles. The van der Waals surface area contributed by atoms with E-state index < -0.39 is 0 Å². The third-order valence-corrected chi connectivity index (χ3v) is 3.56. The van der Waals surface area contributed by atoms with Crippen molar-refractivity contribution in [3.63, 3.8) is 0 Å². The first-order chi connectivity index (χ1) is 8.99. The summed E-state index contributed by atoms with van der Waals surface area (Å²) < 4.78 is 10.4. The molecule has 102 valence electrons. The van der Waals surface area contributed by atoms with Gasteiger partial charge in [-0.25, -0.2) is 0 Å². The maximum Gasteiger partial charge on any atom is 0.237 e. The molecule has 0 fully saturated rings. The molecular weight excluding hydrogens is 260 g/mol. The van der Waals surface area contributed by atoms with E-state index >= 15 is 0 Å². The maximum atomic E-state index is 5.25. The Bertz CT molecular complexity index is 529. The van der Waals surface area contributed by atoms with Crippen molar-refractivity contribution < 1.29 is 9.26 Å². The number of thioether (sulfide) groups is 1. The summed E-state index contributed by atoms with van der Waals surface area (Å²) in [5, 5.41) is 4.01. The molecule has 2 aromatic rings. The van der Waals surface area contributed by atoms with Crippen LogP contribution in [0, 0.1) is 0 Å². The molecule has 0 bridgehead atoms. The molecule has 0 radical (unpaired) electrons. The average Bonchev–Trinajstić information content (AvgIpc) is 2.86. The van der Waals surface area contributed by atoms with Crippen LogP contribution in [0.1, 0.15) is 32.5 Å². The van der Waals surface area contributed by atoms with E-state index in [1.165, 1.54) is 0 Å². The lowest BCUT2D eigenvalue weighted by Crippen LogP contribution is -2.13. The molecule has 0 unspecified atom stereocenters. The van der Waals surface area contributed by atoms with E-state index in [0.29, 0.717) is 11.6 Å². The standard InChI is InChI=1S/C14H18N2O2S/c1-14(2,3)13-15-12(18-16-13)9-19-11-7-5-10(17-4)6-8-11/h5-8H,9H2,1-4H3. The number of hydrogen-bond acceptors (Lipinski definition) is 5. The lowest BCUT2D eigenvalue weighted by Gasteiger charge is -2.10. The van der Waals surface area contributed by atoms with Gasteiger partial charge in [0.25, 0.3) is 0 Å². The molecule has 4 nitrogen and oxygen atoms in total. The molecule has 0 aliphatic rings. The molecule has 19 heavy (non-hydrogen) atoms. The van der Waals surface area contributed by atoms with E-state index in [9.17, 15) is 0 Å². The SMILES string of the molecule is COc1ccc(SCc2nc(C(C)(C)C)no2)cc1. The van der Waals surface area contributed by atoms with Crippen molar-refractivity contribution in [2.75, 3.05) is 7.11 Å². The number of hydrogen-bond donors (Lipinski definition) is 0. The van der Waals surface area contributed by atoms with E-state index in [1.54, 1.807) is 18.9 Å². The van der Waals surface area contributed by atoms with Crippen molar-refractivity contribution in [3.05, 3.63) is 36.0 Å². The van der Waals surface area contributed by atoms with Crippen LogP contribution in [0.5, 0.6) is 5.75 Å². The van der Waals surface area contributed by atoms with Crippen LogP contribution in [0.4, 0.5) is 0 Å². The summed E-state index contributed by atoms with van der Waals surface area (Å²) in [7, 11) is 1.66. The van der Waals surface area contributed by atoms with Gasteiger partial charge in [-0.2, -0.15) is 4.98 Å². The molecule has 1 aromatic carbocycles. The topological polar surface area (TPSA) is 48.2 Å². The molecular formula is C14H18N2O2S. The second-order valence-corrected chi connectivity index (χ2v) is 6.27.